The first-order chi connectivity index (χ1) is 7.06. The van der Waals surface area contributed by atoms with Gasteiger partial charge in [-0.15, -0.1) is 0 Å². The highest BCUT2D eigenvalue weighted by Gasteiger charge is 2.49. The van der Waals surface area contributed by atoms with Crippen molar-refractivity contribution in [3.05, 3.63) is 11.6 Å². The van der Waals surface area contributed by atoms with Crippen LogP contribution >= 0.6 is 0 Å². The second kappa shape index (κ2) is 3.12. The molecule has 2 atom stereocenters. The molecule has 15 heavy (non-hydrogen) atoms. The van der Waals surface area contributed by atoms with Crippen LogP contribution in [0.4, 0.5) is 0 Å². The second-order valence-electron chi connectivity index (χ2n) is 3.75. The minimum absolute atomic E-state index is 0.0247. The molecule has 1 heterocycles. The van der Waals surface area contributed by atoms with Crippen LogP contribution in [0, 0.1) is 11.8 Å². The van der Waals surface area contributed by atoms with Gasteiger partial charge in [0.2, 0.25) is 11.8 Å². The lowest BCUT2D eigenvalue weighted by atomic mass is 9.80. The van der Waals surface area contributed by atoms with E-state index in [2.05, 4.69) is 0 Å². The molecule has 0 bridgehead atoms. The van der Waals surface area contributed by atoms with Gasteiger partial charge in [-0.1, -0.05) is 0 Å². The molecule has 1 aliphatic carbocycles. The Labute approximate surface area is 85.7 Å². The van der Waals surface area contributed by atoms with Gasteiger partial charge in [0.15, 0.2) is 5.78 Å². The number of hydrogen-bond donors (Lipinski definition) is 0. The molecule has 0 aromatic carbocycles. The third-order valence-corrected chi connectivity index (χ3v) is 2.89. The number of hydrogen-bond acceptors (Lipinski definition) is 4. The molecule has 78 valence electrons. The summed E-state index contributed by atoms with van der Waals surface area (Å²) in [7, 11) is 1.37. The van der Waals surface area contributed by atoms with Crippen LogP contribution in [-0.4, -0.2) is 35.8 Å². The summed E-state index contributed by atoms with van der Waals surface area (Å²) >= 11 is 0. The maximum absolute atomic E-state index is 11.6. The molecule has 2 rings (SSSR count). The SMILES string of the molecule is CN1C(=O)C2CC(=O)C=C(C=O)C2C1=O. The molecule has 0 aromatic heterocycles. The number of imide groups is 1. The van der Waals surface area contributed by atoms with Crippen molar-refractivity contribution >= 4 is 23.9 Å². The molecule has 0 radical (unpaired) electrons. The van der Waals surface area contributed by atoms with Crippen LogP contribution in [0.1, 0.15) is 6.42 Å². The van der Waals surface area contributed by atoms with E-state index >= 15 is 0 Å². The lowest BCUT2D eigenvalue weighted by Gasteiger charge is -2.18. The number of amides is 2. The number of aldehydes is 1. The zero-order chi connectivity index (χ0) is 11.2. The number of carbonyl (C=O) groups excluding carboxylic acids is 4. The summed E-state index contributed by atoms with van der Waals surface area (Å²) < 4.78 is 0. The molecule has 0 aromatic rings. The van der Waals surface area contributed by atoms with Gasteiger partial charge in [0, 0.05) is 19.0 Å². The van der Waals surface area contributed by atoms with Crippen molar-refractivity contribution in [3.63, 3.8) is 0 Å². The topological polar surface area (TPSA) is 71.5 Å². The third-order valence-electron chi connectivity index (χ3n) is 2.89. The van der Waals surface area contributed by atoms with Crippen molar-refractivity contribution in [2.45, 2.75) is 6.42 Å². The van der Waals surface area contributed by atoms with E-state index in [1.54, 1.807) is 0 Å². The van der Waals surface area contributed by atoms with Crippen LogP contribution in [-0.2, 0) is 19.2 Å². The quantitative estimate of drug-likeness (QED) is 0.421. The highest BCUT2D eigenvalue weighted by molar-refractivity contribution is 6.13. The molecule has 0 saturated carbocycles. The largest absolute Gasteiger partial charge is 0.298 e. The Morgan fingerprint density at radius 1 is 1.33 bits per heavy atom. The normalized spacial score (nSPS) is 30.3. The van der Waals surface area contributed by atoms with Crippen molar-refractivity contribution in [1.29, 1.82) is 0 Å². The number of ketones is 1. The summed E-state index contributed by atoms with van der Waals surface area (Å²) in [6, 6.07) is 0. The van der Waals surface area contributed by atoms with Gasteiger partial charge in [0.1, 0.15) is 6.29 Å². The van der Waals surface area contributed by atoms with E-state index in [0.717, 1.165) is 4.90 Å². The van der Waals surface area contributed by atoms with Gasteiger partial charge < -0.3 is 0 Å². The van der Waals surface area contributed by atoms with Gasteiger partial charge in [-0.05, 0) is 6.08 Å². The van der Waals surface area contributed by atoms with Gasteiger partial charge in [0.05, 0.1) is 11.8 Å². The van der Waals surface area contributed by atoms with Gasteiger partial charge >= 0.3 is 0 Å². The molecule has 1 aliphatic heterocycles. The van der Waals surface area contributed by atoms with Crippen molar-refractivity contribution in [2.75, 3.05) is 7.05 Å². The van der Waals surface area contributed by atoms with E-state index in [9.17, 15) is 19.2 Å². The smallest absolute Gasteiger partial charge is 0.237 e. The van der Waals surface area contributed by atoms with Crippen LogP contribution in [0.3, 0.4) is 0 Å². The highest BCUT2D eigenvalue weighted by Crippen LogP contribution is 2.36. The number of fused-ring (bicyclic) bond motifs is 1. The molecule has 2 amide bonds. The van der Waals surface area contributed by atoms with Gasteiger partial charge in [-0.2, -0.15) is 0 Å². The molecule has 5 nitrogen and oxygen atoms in total. The molecule has 2 unspecified atom stereocenters. The number of likely N-dealkylation sites (tertiary alicyclic amines) is 1. The maximum atomic E-state index is 11.6. The standard InChI is InChI=1S/C10H9NO4/c1-11-9(14)7-3-6(13)2-5(4-12)8(7)10(11)15/h2,4,7-8H,3H2,1H3. The Bertz CT molecular complexity index is 410. The molecule has 0 N–H and O–H groups in total. The lowest BCUT2D eigenvalue weighted by molar-refractivity contribution is -0.138. The maximum Gasteiger partial charge on any atom is 0.237 e. The number of nitrogens with zero attached hydrogens (tertiary/aromatic N) is 1. The van der Waals surface area contributed by atoms with E-state index in [0.29, 0.717) is 6.29 Å². The fourth-order valence-electron chi connectivity index (χ4n) is 2.12. The van der Waals surface area contributed by atoms with E-state index in [-0.39, 0.29) is 23.7 Å². The fourth-order valence-corrected chi connectivity index (χ4v) is 2.12. The zero-order valence-electron chi connectivity index (χ0n) is 8.10. The van der Waals surface area contributed by atoms with Gasteiger partial charge in [0.25, 0.3) is 0 Å². The number of rotatable bonds is 1. The van der Waals surface area contributed by atoms with E-state index in [4.69, 9.17) is 0 Å². The molecule has 2 aliphatic rings. The molecule has 0 spiro atoms. The van der Waals surface area contributed by atoms with Gasteiger partial charge in [-0.25, -0.2) is 0 Å². The van der Waals surface area contributed by atoms with E-state index in [1.165, 1.54) is 13.1 Å². The molecular weight excluding hydrogens is 198 g/mol. The summed E-state index contributed by atoms with van der Waals surface area (Å²) in [5.74, 6) is -2.44. The van der Waals surface area contributed by atoms with E-state index in [1.807, 2.05) is 0 Å². The van der Waals surface area contributed by atoms with Crippen LogP contribution in [0.5, 0.6) is 0 Å². The van der Waals surface area contributed by atoms with Crippen molar-refractivity contribution < 1.29 is 19.2 Å². The first kappa shape index (κ1) is 9.76. The third kappa shape index (κ3) is 1.23. The highest BCUT2D eigenvalue weighted by atomic mass is 16.2. The minimum Gasteiger partial charge on any atom is -0.298 e. The monoisotopic (exact) mass is 207 g/mol. The minimum atomic E-state index is -0.738. The molecule has 1 saturated heterocycles. The predicted molar refractivity (Wildman–Crippen MR) is 48.5 cm³/mol. The summed E-state index contributed by atoms with van der Waals surface area (Å²) in [6.07, 6.45) is 1.68. The van der Waals surface area contributed by atoms with Crippen LogP contribution in [0.2, 0.25) is 0 Å². The average Bonchev–Trinajstić information content (AvgIpc) is 2.43. The van der Waals surface area contributed by atoms with E-state index < -0.39 is 17.7 Å². The van der Waals surface area contributed by atoms with Crippen molar-refractivity contribution in [2.24, 2.45) is 11.8 Å². The number of carbonyl (C=O) groups is 4. The zero-order valence-corrected chi connectivity index (χ0v) is 8.10. The van der Waals surface area contributed by atoms with Crippen LogP contribution in [0.25, 0.3) is 0 Å². The Balaban J connectivity index is 2.48. The first-order valence-corrected chi connectivity index (χ1v) is 4.57. The second-order valence-corrected chi connectivity index (χ2v) is 3.75. The molecule has 1 fully saturated rings. The Morgan fingerprint density at radius 3 is 2.60 bits per heavy atom. The van der Waals surface area contributed by atoms with Crippen molar-refractivity contribution in [3.8, 4) is 0 Å². The van der Waals surface area contributed by atoms with Crippen molar-refractivity contribution in [1.82, 2.24) is 4.90 Å². The van der Waals surface area contributed by atoms with Gasteiger partial charge in [-0.3, -0.25) is 24.1 Å². The average molecular weight is 207 g/mol. The summed E-state index contributed by atoms with van der Waals surface area (Å²) in [4.78, 5) is 46.1. The summed E-state index contributed by atoms with van der Waals surface area (Å²) in [5.41, 5.74) is 0.124. The Morgan fingerprint density at radius 2 is 2.00 bits per heavy atom. The van der Waals surface area contributed by atoms with Crippen LogP contribution in [0.15, 0.2) is 11.6 Å². The predicted octanol–water partition coefficient (Wildman–Crippen LogP) is -0.685. The molecule has 5 heteroatoms. The lowest BCUT2D eigenvalue weighted by Crippen LogP contribution is -2.27. The molecular formula is C10H9NO4. The Hall–Kier alpha value is -1.78. The number of allylic oxidation sites excluding steroid dienone is 1. The van der Waals surface area contributed by atoms with Crippen LogP contribution < -0.4 is 0 Å². The summed E-state index contributed by atoms with van der Waals surface area (Å²) in [6.45, 7) is 0. The first-order valence-electron chi connectivity index (χ1n) is 4.57. The fraction of sp³-hybridized carbons (Fsp3) is 0.400. The Kier molecular flexibility index (Phi) is 2.03. The summed E-state index contributed by atoms with van der Waals surface area (Å²) in [5, 5.41) is 0.